The number of nitrogens with zero attached hydrogens (tertiary/aromatic N) is 2. The molecule has 0 spiro atoms. The van der Waals surface area contributed by atoms with Crippen LogP contribution in [0.1, 0.15) is 5.56 Å². The summed E-state index contributed by atoms with van der Waals surface area (Å²) in [6, 6.07) is 12.9. The Kier molecular flexibility index (Phi) is 5.38. The predicted molar refractivity (Wildman–Crippen MR) is 112 cm³/mol. The van der Waals surface area contributed by atoms with Crippen molar-refractivity contribution in [1.29, 1.82) is 0 Å². The number of nitrogens with one attached hydrogen (secondary N) is 1. The number of para-hydroxylation sites is 1. The topological polar surface area (TPSA) is 95.6 Å². The molecule has 0 saturated heterocycles. The van der Waals surface area contributed by atoms with E-state index in [2.05, 4.69) is 10.4 Å². The van der Waals surface area contributed by atoms with Crippen molar-refractivity contribution in [2.24, 2.45) is 0 Å². The lowest BCUT2D eigenvalue weighted by atomic mass is 10.1. The van der Waals surface area contributed by atoms with Crippen LogP contribution in [0.2, 0.25) is 0 Å². The van der Waals surface area contributed by atoms with E-state index in [1.165, 1.54) is 10.9 Å². The molecule has 1 N–H and O–H groups in total. The predicted octanol–water partition coefficient (Wildman–Crippen LogP) is 2.52. The molecule has 0 radical (unpaired) electrons. The lowest BCUT2D eigenvalue weighted by Crippen LogP contribution is -2.29. The molecule has 0 aliphatic rings. The van der Waals surface area contributed by atoms with Gasteiger partial charge in [0.05, 0.1) is 25.9 Å². The summed E-state index contributed by atoms with van der Waals surface area (Å²) in [6.07, 6.45) is 2.07. The molecule has 0 atom stereocenters. The molecule has 30 heavy (non-hydrogen) atoms. The highest BCUT2D eigenvalue weighted by Gasteiger charge is 2.15. The average molecular weight is 407 g/mol. The Balaban J connectivity index is 1.46. The highest BCUT2D eigenvalue weighted by atomic mass is 16.5. The minimum absolute atomic E-state index is 0.00286. The smallest absolute Gasteiger partial charge is 0.347 e. The molecule has 2 aromatic heterocycles. The number of aromatic nitrogens is 2. The lowest BCUT2D eigenvalue weighted by molar-refractivity contribution is -0.121. The highest BCUT2D eigenvalue weighted by Crippen LogP contribution is 2.27. The maximum absolute atomic E-state index is 12.5. The number of fused-ring (bicyclic) bond motifs is 3. The molecule has 8 nitrogen and oxygen atoms in total. The fourth-order valence-electron chi connectivity index (χ4n) is 3.42. The van der Waals surface area contributed by atoms with Gasteiger partial charge in [-0.1, -0.05) is 18.2 Å². The van der Waals surface area contributed by atoms with Crippen molar-refractivity contribution < 1.29 is 18.7 Å². The standard InChI is InChI=1S/C22H21N3O5/c1-28-18-8-7-14(11-19(18)29-2)9-10-23-20(26)13-25-21-15-5-3-4-6-17(15)30-22(27)16(21)12-24-25/h3-8,11-12H,9-10,13H2,1-2H3,(H,23,26). The largest absolute Gasteiger partial charge is 0.493 e. The zero-order valence-electron chi connectivity index (χ0n) is 16.7. The summed E-state index contributed by atoms with van der Waals surface area (Å²) in [5, 5.41) is 8.20. The third-order valence-corrected chi connectivity index (χ3v) is 4.88. The molecule has 4 aromatic rings. The van der Waals surface area contributed by atoms with Gasteiger partial charge in [-0.25, -0.2) is 4.79 Å². The number of ether oxygens (including phenoxy) is 2. The van der Waals surface area contributed by atoms with Crippen LogP contribution in [0.5, 0.6) is 11.5 Å². The molecule has 0 unspecified atom stereocenters. The third kappa shape index (κ3) is 3.71. The lowest BCUT2D eigenvalue weighted by Gasteiger charge is -2.10. The molecule has 0 saturated carbocycles. The number of hydrogen-bond donors (Lipinski definition) is 1. The van der Waals surface area contributed by atoms with Crippen LogP contribution in [0, 0.1) is 0 Å². The average Bonchev–Trinajstić information content (AvgIpc) is 3.18. The first kappa shape index (κ1) is 19.5. The minimum Gasteiger partial charge on any atom is -0.493 e. The first-order valence-corrected chi connectivity index (χ1v) is 9.45. The summed E-state index contributed by atoms with van der Waals surface area (Å²) in [6.45, 7) is 0.458. The highest BCUT2D eigenvalue weighted by molar-refractivity contribution is 6.02. The molecule has 154 valence electrons. The zero-order valence-corrected chi connectivity index (χ0v) is 16.7. The van der Waals surface area contributed by atoms with Crippen LogP contribution in [0.15, 0.2) is 57.9 Å². The van der Waals surface area contributed by atoms with Crippen molar-refractivity contribution >= 4 is 27.8 Å². The fraction of sp³-hybridized carbons (Fsp3) is 0.227. The summed E-state index contributed by atoms with van der Waals surface area (Å²) in [7, 11) is 3.17. The maximum Gasteiger partial charge on any atom is 0.347 e. The Morgan fingerprint density at radius 3 is 2.70 bits per heavy atom. The number of hydrogen-bond acceptors (Lipinski definition) is 6. The van der Waals surface area contributed by atoms with Gasteiger partial charge in [-0.05, 0) is 36.2 Å². The molecule has 4 rings (SSSR count). The van der Waals surface area contributed by atoms with Crippen molar-refractivity contribution in [3.05, 3.63) is 64.6 Å². The van der Waals surface area contributed by atoms with Crippen LogP contribution in [-0.2, 0) is 17.8 Å². The van der Waals surface area contributed by atoms with Crippen LogP contribution in [0.4, 0.5) is 0 Å². The van der Waals surface area contributed by atoms with Gasteiger partial charge in [0.2, 0.25) is 5.91 Å². The normalized spacial score (nSPS) is 11.0. The van der Waals surface area contributed by atoms with Gasteiger partial charge in [0.15, 0.2) is 11.5 Å². The Bertz CT molecular complexity index is 1270. The van der Waals surface area contributed by atoms with E-state index in [-0.39, 0.29) is 12.5 Å². The van der Waals surface area contributed by atoms with Crippen LogP contribution >= 0.6 is 0 Å². The fourth-order valence-corrected chi connectivity index (χ4v) is 3.42. The zero-order chi connectivity index (χ0) is 21.1. The van der Waals surface area contributed by atoms with E-state index in [1.807, 2.05) is 30.3 Å². The van der Waals surface area contributed by atoms with Crippen LogP contribution < -0.4 is 20.4 Å². The Hall–Kier alpha value is -3.81. The molecule has 0 aliphatic carbocycles. The van der Waals surface area contributed by atoms with Crippen molar-refractivity contribution in [1.82, 2.24) is 15.1 Å². The van der Waals surface area contributed by atoms with Gasteiger partial charge >= 0.3 is 5.63 Å². The molecule has 1 amide bonds. The second kappa shape index (κ2) is 8.28. The molecular formula is C22H21N3O5. The quantitative estimate of drug-likeness (QED) is 0.473. The number of benzene rings is 2. The van der Waals surface area contributed by atoms with Crippen molar-refractivity contribution in [2.45, 2.75) is 13.0 Å². The molecule has 2 aromatic carbocycles. The number of amides is 1. The van der Waals surface area contributed by atoms with E-state index in [0.717, 1.165) is 10.9 Å². The number of carbonyl (C=O) groups is 1. The molecule has 0 aliphatic heterocycles. The summed E-state index contributed by atoms with van der Waals surface area (Å²) in [5.74, 6) is 1.11. The molecule has 0 fully saturated rings. The third-order valence-electron chi connectivity index (χ3n) is 4.88. The summed E-state index contributed by atoms with van der Waals surface area (Å²) in [5.41, 5.74) is 1.60. The van der Waals surface area contributed by atoms with E-state index in [1.54, 1.807) is 26.4 Å². The van der Waals surface area contributed by atoms with E-state index in [0.29, 0.717) is 41.0 Å². The van der Waals surface area contributed by atoms with E-state index in [4.69, 9.17) is 13.9 Å². The van der Waals surface area contributed by atoms with Crippen LogP contribution in [-0.4, -0.2) is 36.5 Å². The van der Waals surface area contributed by atoms with Gasteiger partial charge in [-0.15, -0.1) is 0 Å². The van der Waals surface area contributed by atoms with Crippen LogP contribution in [0.3, 0.4) is 0 Å². The SMILES string of the molecule is COc1ccc(CCNC(=O)Cn2ncc3c(=O)oc4ccccc4c32)cc1OC. The van der Waals surface area contributed by atoms with Crippen LogP contribution in [0.25, 0.3) is 21.9 Å². The number of rotatable bonds is 7. The molecular weight excluding hydrogens is 386 g/mol. The summed E-state index contributed by atoms with van der Waals surface area (Å²) < 4.78 is 17.4. The monoisotopic (exact) mass is 407 g/mol. The molecule has 8 heteroatoms. The summed E-state index contributed by atoms with van der Waals surface area (Å²) >= 11 is 0. The Labute approximate surface area is 172 Å². The van der Waals surface area contributed by atoms with Gasteiger partial charge in [0.1, 0.15) is 17.5 Å². The van der Waals surface area contributed by atoms with Crippen molar-refractivity contribution in [3.63, 3.8) is 0 Å². The van der Waals surface area contributed by atoms with E-state index < -0.39 is 5.63 Å². The van der Waals surface area contributed by atoms with Crippen molar-refractivity contribution in [3.8, 4) is 11.5 Å². The number of carbonyl (C=O) groups excluding carboxylic acids is 1. The minimum atomic E-state index is -0.469. The van der Waals surface area contributed by atoms with Gasteiger partial charge in [-0.3, -0.25) is 9.48 Å². The first-order chi connectivity index (χ1) is 14.6. The van der Waals surface area contributed by atoms with Crippen molar-refractivity contribution in [2.75, 3.05) is 20.8 Å². The Morgan fingerprint density at radius 1 is 1.10 bits per heavy atom. The summed E-state index contributed by atoms with van der Waals surface area (Å²) in [4.78, 5) is 24.6. The second-order valence-corrected chi connectivity index (χ2v) is 6.74. The second-order valence-electron chi connectivity index (χ2n) is 6.74. The number of methoxy groups -OCH3 is 2. The maximum atomic E-state index is 12.5. The van der Waals surface area contributed by atoms with Gasteiger partial charge in [-0.2, -0.15) is 5.10 Å². The van der Waals surface area contributed by atoms with E-state index in [9.17, 15) is 9.59 Å². The molecule has 0 bridgehead atoms. The Morgan fingerprint density at radius 2 is 1.90 bits per heavy atom. The van der Waals surface area contributed by atoms with Gasteiger partial charge in [0, 0.05) is 11.9 Å². The first-order valence-electron chi connectivity index (χ1n) is 9.45. The molecule has 2 heterocycles. The van der Waals surface area contributed by atoms with Gasteiger partial charge < -0.3 is 19.2 Å². The van der Waals surface area contributed by atoms with E-state index >= 15 is 0 Å². The van der Waals surface area contributed by atoms with Gasteiger partial charge in [0.25, 0.3) is 0 Å².